The molecule has 1 rings (SSSR count). The molecule has 1 heterocycles. The van der Waals surface area contributed by atoms with E-state index < -0.39 is 0 Å². The van der Waals surface area contributed by atoms with Crippen molar-refractivity contribution in [2.75, 3.05) is 7.05 Å². The van der Waals surface area contributed by atoms with Gasteiger partial charge in [0, 0.05) is 13.2 Å². The van der Waals surface area contributed by atoms with E-state index in [4.69, 9.17) is 0 Å². The molecule has 1 aromatic rings. The second-order valence-electron chi connectivity index (χ2n) is 2.27. The molecule has 1 aromatic heterocycles. The number of hydrogen-bond donors (Lipinski definition) is 1. The van der Waals surface area contributed by atoms with E-state index in [1.807, 2.05) is 0 Å². The predicted octanol–water partition coefficient (Wildman–Crippen LogP) is -3.69. The van der Waals surface area contributed by atoms with E-state index in [9.17, 15) is 9.90 Å². The van der Waals surface area contributed by atoms with Crippen LogP contribution < -0.4 is 61.8 Å². The van der Waals surface area contributed by atoms with Crippen LogP contribution >= 0.6 is 0 Å². The third kappa shape index (κ3) is 3.84. The molecule has 64 valence electrons. The van der Waals surface area contributed by atoms with E-state index in [0.29, 0.717) is 5.56 Å². The van der Waals surface area contributed by atoms with Crippen molar-refractivity contribution in [3.8, 4) is 0 Å². The van der Waals surface area contributed by atoms with Crippen LogP contribution in [-0.2, 0) is 6.61 Å². The van der Waals surface area contributed by atoms with Gasteiger partial charge in [-0.2, -0.15) is 0 Å². The van der Waals surface area contributed by atoms with Gasteiger partial charge in [0.05, 0.1) is 0 Å². The number of nitrogens with zero attached hydrogens (tertiary/aromatic N) is 1. The van der Waals surface area contributed by atoms with Gasteiger partial charge in [0.1, 0.15) is 5.69 Å². The summed E-state index contributed by atoms with van der Waals surface area (Å²) in [7, 11) is 1.52. The van der Waals surface area contributed by atoms with Crippen LogP contribution in [-0.4, -0.2) is 17.9 Å². The minimum absolute atomic E-state index is 0. The van der Waals surface area contributed by atoms with Gasteiger partial charge >= 0.3 is 51.4 Å². The fraction of sp³-hybridized carbons (Fsp3) is 0.250. The number of aromatic nitrogens is 1. The molecule has 0 radical (unpaired) electrons. The Balaban J connectivity index is 0.00000144. The summed E-state index contributed by atoms with van der Waals surface area (Å²) in [5.41, 5.74) is 0.856. The fourth-order valence-corrected chi connectivity index (χ4v) is 0.816. The van der Waals surface area contributed by atoms with Crippen molar-refractivity contribution in [1.29, 1.82) is 0 Å². The molecule has 0 bridgehead atoms. The summed E-state index contributed by atoms with van der Waals surface area (Å²) in [6.07, 6.45) is 1.46. The number of carbonyl (C=O) groups is 1. The minimum atomic E-state index is -0.327. The Bertz CT molecular complexity index is 291. The maximum atomic E-state index is 11.0. The van der Waals surface area contributed by atoms with E-state index in [1.165, 1.54) is 19.3 Å². The molecule has 0 aliphatic heterocycles. The molecular formula is C8H9KN2O2. The molecule has 0 saturated carbocycles. The summed E-state index contributed by atoms with van der Waals surface area (Å²) < 4.78 is 0. The quantitative estimate of drug-likeness (QED) is 0.504. The van der Waals surface area contributed by atoms with Crippen LogP contribution in [0, 0.1) is 0 Å². The zero-order valence-corrected chi connectivity index (χ0v) is 10.8. The van der Waals surface area contributed by atoms with Gasteiger partial charge in [-0.1, -0.05) is 5.56 Å². The van der Waals surface area contributed by atoms with Crippen molar-refractivity contribution >= 4 is 5.91 Å². The fourth-order valence-electron chi connectivity index (χ4n) is 0.816. The Morgan fingerprint density at radius 3 is 2.92 bits per heavy atom. The van der Waals surface area contributed by atoms with Gasteiger partial charge in [0.25, 0.3) is 5.91 Å². The van der Waals surface area contributed by atoms with Gasteiger partial charge in [-0.05, 0) is 12.1 Å². The first kappa shape index (κ1) is 13.2. The second kappa shape index (κ2) is 6.64. The number of nitrogens with one attached hydrogen (secondary N) is 1. The topological polar surface area (TPSA) is 65.0 Å². The Morgan fingerprint density at radius 1 is 1.69 bits per heavy atom. The first-order valence-corrected chi connectivity index (χ1v) is 3.53. The molecule has 5 heteroatoms. The number of rotatable bonds is 2. The molecule has 13 heavy (non-hydrogen) atoms. The van der Waals surface area contributed by atoms with Crippen LogP contribution in [0.2, 0.25) is 0 Å². The molecule has 0 fully saturated rings. The monoisotopic (exact) mass is 204 g/mol. The Kier molecular flexibility index (Phi) is 6.75. The molecule has 0 unspecified atom stereocenters. The van der Waals surface area contributed by atoms with Crippen LogP contribution in [0.4, 0.5) is 0 Å². The summed E-state index contributed by atoms with van der Waals surface area (Å²) in [5, 5.41) is 12.9. The van der Waals surface area contributed by atoms with E-state index in [2.05, 4.69) is 10.3 Å². The second-order valence-corrected chi connectivity index (χ2v) is 2.27. The average molecular weight is 204 g/mol. The molecule has 0 saturated heterocycles. The Labute approximate surface area is 119 Å². The van der Waals surface area contributed by atoms with Crippen LogP contribution in [0.25, 0.3) is 0 Å². The SMILES string of the molecule is CNC(=O)c1cc(C[O-])ccn1.[K+]. The molecule has 0 spiro atoms. The maximum Gasteiger partial charge on any atom is 1.00 e. The molecular weight excluding hydrogens is 195 g/mol. The third-order valence-electron chi connectivity index (χ3n) is 1.45. The Hall–Kier alpha value is 0.216. The van der Waals surface area contributed by atoms with Crippen molar-refractivity contribution in [2.45, 2.75) is 6.61 Å². The zero-order valence-electron chi connectivity index (χ0n) is 7.70. The zero-order chi connectivity index (χ0) is 8.97. The first-order valence-electron chi connectivity index (χ1n) is 3.53. The molecule has 0 aromatic carbocycles. The Morgan fingerprint density at radius 2 is 2.38 bits per heavy atom. The number of carbonyl (C=O) groups excluding carboxylic acids is 1. The first-order chi connectivity index (χ1) is 5.77. The van der Waals surface area contributed by atoms with Crippen molar-refractivity contribution in [1.82, 2.24) is 10.3 Å². The normalized spacial score (nSPS) is 8.77. The van der Waals surface area contributed by atoms with Gasteiger partial charge in [-0.15, -0.1) is 6.61 Å². The van der Waals surface area contributed by atoms with E-state index >= 15 is 0 Å². The summed E-state index contributed by atoms with van der Waals surface area (Å²) in [6, 6.07) is 3.09. The summed E-state index contributed by atoms with van der Waals surface area (Å²) in [4.78, 5) is 14.8. The third-order valence-corrected chi connectivity index (χ3v) is 1.45. The van der Waals surface area contributed by atoms with Crippen molar-refractivity contribution in [3.05, 3.63) is 29.6 Å². The molecule has 0 atom stereocenters. The minimum Gasteiger partial charge on any atom is -0.851 e. The summed E-state index contributed by atoms with van der Waals surface area (Å²) in [5.74, 6) is -0.273. The van der Waals surface area contributed by atoms with Crippen molar-refractivity contribution < 1.29 is 61.3 Å². The van der Waals surface area contributed by atoms with Crippen molar-refractivity contribution in [2.24, 2.45) is 0 Å². The van der Waals surface area contributed by atoms with Gasteiger partial charge in [-0.3, -0.25) is 9.78 Å². The number of hydrogen-bond acceptors (Lipinski definition) is 3. The number of amides is 1. The standard InChI is InChI=1S/C8H9N2O2.K/c1-9-8(12)7-4-6(5-11)2-3-10-7;/h2-4H,5H2,1H3,(H,9,12);/q-1;+1. The van der Waals surface area contributed by atoms with Crippen LogP contribution in [0.15, 0.2) is 18.3 Å². The van der Waals surface area contributed by atoms with Crippen molar-refractivity contribution in [3.63, 3.8) is 0 Å². The molecule has 1 amide bonds. The van der Waals surface area contributed by atoms with Gasteiger partial charge in [0.15, 0.2) is 0 Å². The molecule has 0 aliphatic carbocycles. The largest absolute Gasteiger partial charge is 1.00 e. The smallest absolute Gasteiger partial charge is 0.851 e. The maximum absolute atomic E-state index is 11.0. The molecule has 1 N–H and O–H groups in total. The van der Waals surface area contributed by atoms with Gasteiger partial charge in [0.2, 0.25) is 0 Å². The van der Waals surface area contributed by atoms with E-state index in [-0.39, 0.29) is 69.6 Å². The average Bonchev–Trinajstić information content (AvgIpc) is 2.17. The number of pyridine rings is 1. The molecule has 0 aliphatic rings. The summed E-state index contributed by atoms with van der Waals surface area (Å²) >= 11 is 0. The van der Waals surface area contributed by atoms with Gasteiger partial charge in [-0.25, -0.2) is 0 Å². The van der Waals surface area contributed by atoms with Crippen LogP contribution in [0.5, 0.6) is 0 Å². The van der Waals surface area contributed by atoms with E-state index in [0.717, 1.165) is 0 Å². The van der Waals surface area contributed by atoms with Crippen LogP contribution in [0.3, 0.4) is 0 Å². The van der Waals surface area contributed by atoms with E-state index in [1.54, 1.807) is 6.07 Å². The molecule has 4 nitrogen and oxygen atoms in total. The summed E-state index contributed by atoms with van der Waals surface area (Å²) in [6.45, 7) is -0.327. The van der Waals surface area contributed by atoms with Gasteiger partial charge < -0.3 is 10.4 Å². The predicted molar refractivity (Wildman–Crippen MR) is 41.3 cm³/mol. The van der Waals surface area contributed by atoms with Crippen LogP contribution in [0.1, 0.15) is 16.1 Å².